The number of ether oxygens (including phenoxy) is 3. The maximum atomic E-state index is 12.8. The molecule has 0 N–H and O–H groups in total. The summed E-state index contributed by atoms with van der Waals surface area (Å²) in [5.74, 6) is -0.425. The monoisotopic (exact) mass is 893 g/mol. The second-order valence-electron chi connectivity index (χ2n) is 18.1. The van der Waals surface area contributed by atoms with Gasteiger partial charge in [0.25, 0.3) is 0 Å². The third-order valence-corrected chi connectivity index (χ3v) is 11.7. The number of carbonyl (C=O) groups excluding carboxylic acids is 2. The van der Waals surface area contributed by atoms with Gasteiger partial charge in [-0.05, 0) is 103 Å². The second kappa shape index (κ2) is 54.7. The minimum absolute atomic E-state index is 0.0707. The maximum Gasteiger partial charge on any atom is 0.306 e. The van der Waals surface area contributed by atoms with Crippen LogP contribution in [0.1, 0.15) is 265 Å². The minimum Gasteiger partial charge on any atom is -0.462 e. The fraction of sp³-hybridized carbons (Fsp3) is 0.763. The summed E-state index contributed by atoms with van der Waals surface area (Å²) in [5.41, 5.74) is 0. The number of allylic oxidation sites excluding steroid dienone is 12. The van der Waals surface area contributed by atoms with Gasteiger partial charge in [-0.2, -0.15) is 0 Å². The van der Waals surface area contributed by atoms with Crippen molar-refractivity contribution in [2.24, 2.45) is 0 Å². The van der Waals surface area contributed by atoms with Crippen LogP contribution in [-0.4, -0.2) is 37.9 Å². The number of hydrogen-bond acceptors (Lipinski definition) is 5. The van der Waals surface area contributed by atoms with Gasteiger partial charge in [0.15, 0.2) is 6.10 Å². The highest BCUT2D eigenvalue weighted by Gasteiger charge is 2.17. The van der Waals surface area contributed by atoms with Gasteiger partial charge in [-0.1, -0.05) is 222 Å². The van der Waals surface area contributed by atoms with Gasteiger partial charge < -0.3 is 14.2 Å². The summed E-state index contributed by atoms with van der Waals surface area (Å²) in [6, 6.07) is 0. The highest BCUT2D eigenvalue weighted by Crippen LogP contribution is 2.14. The van der Waals surface area contributed by atoms with Gasteiger partial charge in [-0.15, -0.1) is 0 Å². The molecule has 0 aliphatic heterocycles. The van der Waals surface area contributed by atoms with Crippen LogP contribution in [-0.2, 0) is 23.8 Å². The first kappa shape index (κ1) is 61.3. The Bertz CT molecular complexity index is 1150. The van der Waals surface area contributed by atoms with E-state index in [1.165, 1.54) is 148 Å². The lowest BCUT2D eigenvalue weighted by molar-refractivity contribution is -0.163. The van der Waals surface area contributed by atoms with Crippen LogP contribution in [0.2, 0.25) is 0 Å². The van der Waals surface area contributed by atoms with Crippen molar-refractivity contribution in [2.75, 3.05) is 19.8 Å². The Kier molecular flexibility index (Phi) is 52.4. The molecule has 0 aromatic heterocycles. The normalized spacial score (nSPS) is 12.7. The van der Waals surface area contributed by atoms with E-state index < -0.39 is 6.10 Å². The lowest BCUT2D eigenvalue weighted by Gasteiger charge is -2.18. The summed E-state index contributed by atoms with van der Waals surface area (Å²) in [6.07, 6.45) is 70.6. The van der Waals surface area contributed by atoms with Gasteiger partial charge in [-0.25, -0.2) is 0 Å². The maximum absolute atomic E-state index is 12.8. The van der Waals surface area contributed by atoms with Crippen LogP contribution in [0.3, 0.4) is 0 Å². The van der Waals surface area contributed by atoms with Crippen LogP contribution < -0.4 is 0 Å². The Morgan fingerprint density at radius 2 is 0.719 bits per heavy atom. The SMILES string of the molecule is CC/C=C\C/C=C\C/C=C\C/C=C\CCCCCCC(=O)OC(COCCCCCCCC/C=C\CCCC)COC(=O)CCCCCCCCCCC/C=C\CCCCCCCC. The van der Waals surface area contributed by atoms with Gasteiger partial charge in [-0.3, -0.25) is 9.59 Å². The van der Waals surface area contributed by atoms with Crippen LogP contribution >= 0.6 is 0 Å². The molecular weight excluding hydrogens is 789 g/mol. The van der Waals surface area contributed by atoms with Crippen molar-refractivity contribution in [3.05, 3.63) is 72.9 Å². The van der Waals surface area contributed by atoms with Crippen molar-refractivity contribution in [3.8, 4) is 0 Å². The Morgan fingerprint density at radius 1 is 0.359 bits per heavy atom. The topological polar surface area (TPSA) is 61.8 Å². The van der Waals surface area contributed by atoms with Gasteiger partial charge in [0, 0.05) is 19.4 Å². The zero-order chi connectivity index (χ0) is 46.3. The molecule has 0 saturated heterocycles. The molecule has 5 heteroatoms. The van der Waals surface area contributed by atoms with E-state index in [0.717, 1.165) is 83.5 Å². The molecule has 0 heterocycles. The van der Waals surface area contributed by atoms with Crippen molar-refractivity contribution in [3.63, 3.8) is 0 Å². The number of hydrogen-bond donors (Lipinski definition) is 0. The van der Waals surface area contributed by atoms with E-state index in [9.17, 15) is 9.59 Å². The molecule has 0 aromatic carbocycles. The van der Waals surface area contributed by atoms with E-state index >= 15 is 0 Å². The summed E-state index contributed by atoms with van der Waals surface area (Å²) in [4.78, 5) is 25.5. The zero-order valence-electron chi connectivity index (χ0n) is 42.5. The van der Waals surface area contributed by atoms with Crippen molar-refractivity contribution < 1.29 is 23.8 Å². The molecule has 0 radical (unpaired) electrons. The molecule has 1 atom stereocenters. The molecule has 0 amide bonds. The van der Waals surface area contributed by atoms with E-state index in [-0.39, 0.29) is 25.2 Å². The summed E-state index contributed by atoms with van der Waals surface area (Å²) in [5, 5.41) is 0. The Hall–Kier alpha value is -2.66. The molecule has 0 aliphatic carbocycles. The number of unbranched alkanes of at least 4 members (excludes halogenated alkanes) is 27. The first-order chi connectivity index (χ1) is 31.6. The molecule has 5 nitrogen and oxygen atoms in total. The van der Waals surface area contributed by atoms with E-state index in [1.54, 1.807) is 0 Å². The van der Waals surface area contributed by atoms with E-state index in [2.05, 4.69) is 93.7 Å². The van der Waals surface area contributed by atoms with Crippen molar-refractivity contribution in [1.82, 2.24) is 0 Å². The fourth-order valence-corrected chi connectivity index (χ4v) is 7.59. The molecule has 64 heavy (non-hydrogen) atoms. The second-order valence-corrected chi connectivity index (χ2v) is 18.1. The van der Waals surface area contributed by atoms with Crippen LogP contribution in [0, 0.1) is 0 Å². The van der Waals surface area contributed by atoms with Gasteiger partial charge in [0.05, 0.1) is 6.61 Å². The third kappa shape index (κ3) is 52.0. The first-order valence-corrected chi connectivity index (χ1v) is 27.5. The minimum atomic E-state index is -0.555. The Labute approximate surface area is 397 Å². The largest absolute Gasteiger partial charge is 0.462 e. The molecule has 0 spiro atoms. The molecular formula is C59H104O5. The van der Waals surface area contributed by atoms with E-state index in [1.807, 2.05) is 0 Å². The predicted octanol–water partition coefficient (Wildman–Crippen LogP) is 18.7. The molecule has 0 fully saturated rings. The Morgan fingerprint density at radius 3 is 1.19 bits per heavy atom. The molecule has 1 unspecified atom stereocenters. The predicted molar refractivity (Wildman–Crippen MR) is 279 cm³/mol. The molecule has 370 valence electrons. The van der Waals surface area contributed by atoms with Crippen LogP contribution in [0.4, 0.5) is 0 Å². The van der Waals surface area contributed by atoms with Crippen LogP contribution in [0.25, 0.3) is 0 Å². The number of rotatable bonds is 50. The molecule has 0 saturated carbocycles. The average molecular weight is 893 g/mol. The van der Waals surface area contributed by atoms with Gasteiger partial charge >= 0.3 is 11.9 Å². The van der Waals surface area contributed by atoms with Crippen molar-refractivity contribution in [2.45, 2.75) is 271 Å². The molecule has 0 aromatic rings. The van der Waals surface area contributed by atoms with Crippen molar-refractivity contribution >= 4 is 11.9 Å². The summed E-state index contributed by atoms with van der Waals surface area (Å²) < 4.78 is 17.4. The van der Waals surface area contributed by atoms with E-state index in [0.29, 0.717) is 19.4 Å². The quantitative estimate of drug-likeness (QED) is 0.0346. The highest BCUT2D eigenvalue weighted by atomic mass is 16.6. The van der Waals surface area contributed by atoms with Crippen LogP contribution in [0.5, 0.6) is 0 Å². The lowest BCUT2D eigenvalue weighted by atomic mass is 10.1. The average Bonchev–Trinajstić information content (AvgIpc) is 3.30. The molecule has 0 bridgehead atoms. The fourth-order valence-electron chi connectivity index (χ4n) is 7.59. The summed E-state index contributed by atoms with van der Waals surface area (Å²) in [6.45, 7) is 7.66. The Balaban J connectivity index is 4.28. The summed E-state index contributed by atoms with van der Waals surface area (Å²) >= 11 is 0. The van der Waals surface area contributed by atoms with Crippen LogP contribution in [0.15, 0.2) is 72.9 Å². The number of esters is 2. The van der Waals surface area contributed by atoms with Gasteiger partial charge in [0.2, 0.25) is 0 Å². The number of carbonyl (C=O) groups is 2. The standard InChI is InChI=1S/C59H104O5/c1-4-7-10-13-16-19-22-25-27-29-30-32-33-35-37-40-43-46-49-52-58(60)63-56-57(55-62-54-51-48-45-42-39-24-21-18-15-12-9-6-3)64-59(61)53-50-47-44-41-38-36-34-31-28-26-23-20-17-14-11-8-5-2/h8,11,15,17-18,20,25-28,34,36,57H,4-7,9-10,12-14,16,19,21-24,29-33,35,37-56H2,1-3H3/b11-8-,18-15-,20-17-,27-25-,28-26-,36-34-. The summed E-state index contributed by atoms with van der Waals surface area (Å²) in [7, 11) is 0. The molecule has 0 rings (SSSR count). The van der Waals surface area contributed by atoms with Gasteiger partial charge in [0.1, 0.15) is 6.61 Å². The first-order valence-electron chi connectivity index (χ1n) is 27.5. The van der Waals surface area contributed by atoms with E-state index in [4.69, 9.17) is 14.2 Å². The van der Waals surface area contributed by atoms with Crippen molar-refractivity contribution in [1.29, 1.82) is 0 Å². The third-order valence-electron chi connectivity index (χ3n) is 11.7. The molecule has 0 aliphatic rings. The zero-order valence-corrected chi connectivity index (χ0v) is 42.5. The lowest BCUT2D eigenvalue weighted by Crippen LogP contribution is -2.30. The smallest absolute Gasteiger partial charge is 0.306 e. The highest BCUT2D eigenvalue weighted by molar-refractivity contribution is 5.70.